The monoisotopic (exact) mass is 383 g/mol. The lowest BCUT2D eigenvalue weighted by atomic mass is 10.2. The number of halogens is 3. The molecule has 0 bridgehead atoms. The van der Waals surface area contributed by atoms with Gasteiger partial charge in [0.2, 0.25) is 0 Å². The summed E-state index contributed by atoms with van der Waals surface area (Å²) in [6.07, 6.45) is -0.0878. The van der Waals surface area contributed by atoms with Gasteiger partial charge in [-0.25, -0.2) is 8.78 Å². The van der Waals surface area contributed by atoms with Gasteiger partial charge in [0.05, 0.1) is 12.0 Å². The van der Waals surface area contributed by atoms with E-state index in [0.717, 1.165) is 12.1 Å². The molecule has 0 radical (unpaired) electrons. The molecule has 0 aromatic heterocycles. The van der Waals surface area contributed by atoms with Crippen LogP contribution in [0.5, 0.6) is 5.75 Å². The Bertz CT molecular complexity index is 768. The number of hydrogen-bond acceptors (Lipinski definition) is 4. The van der Waals surface area contributed by atoms with Gasteiger partial charge in [-0.05, 0) is 36.4 Å². The van der Waals surface area contributed by atoms with E-state index in [1.807, 2.05) is 0 Å². The van der Waals surface area contributed by atoms with E-state index in [1.165, 1.54) is 0 Å². The molecule has 2 rings (SSSR count). The molecule has 26 heavy (non-hydrogen) atoms. The standard InChI is InChI=1S/C18H16ClF2NO4/c19-12-1-4-14(5-2-12)25-9-10-26-17(23)7-8-22-18(24)15-6-3-13(20)11-16(15)21/h1-6,11H,7-10H2,(H,22,24). The molecule has 0 saturated heterocycles. The van der Waals surface area contributed by atoms with Crippen molar-refractivity contribution in [2.75, 3.05) is 19.8 Å². The first-order valence-electron chi connectivity index (χ1n) is 7.73. The zero-order valence-electron chi connectivity index (χ0n) is 13.6. The van der Waals surface area contributed by atoms with Gasteiger partial charge in [0.15, 0.2) is 0 Å². The fraction of sp³-hybridized carbons (Fsp3) is 0.222. The van der Waals surface area contributed by atoms with Crippen molar-refractivity contribution >= 4 is 23.5 Å². The highest BCUT2D eigenvalue weighted by Gasteiger charge is 2.12. The maximum atomic E-state index is 13.4. The number of carbonyl (C=O) groups is 2. The molecule has 0 atom stereocenters. The third-order valence-corrected chi connectivity index (χ3v) is 3.47. The number of nitrogens with one attached hydrogen (secondary N) is 1. The molecule has 0 aliphatic rings. The largest absolute Gasteiger partial charge is 0.490 e. The molecule has 1 amide bonds. The van der Waals surface area contributed by atoms with E-state index in [-0.39, 0.29) is 31.7 Å². The van der Waals surface area contributed by atoms with E-state index < -0.39 is 23.5 Å². The molecule has 1 N–H and O–H groups in total. The second kappa shape index (κ2) is 9.72. The van der Waals surface area contributed by atoms with E-state index in [0.29, 0.717) is 16.8 Å². The van der Waals surface area contributed by atoms with Crippen LogP contribution in [0.15, 0.2) is 42.5 Å². The van der Waals surface area contributed by atoms with Gasteiger partial charge in [0.25, 0.3) is 5.91 Å². The summed E-state index contributed by atoms with van der Waals surface area (Å²) in [6.45, 7) is 0.176. The third-order valence-electron chi connectivity index (χ3n) is 3.22. The summed E-state index contributed by atoms with van der Waals surface area (Å²) in [5.41, 5.74) is -0.295. The van der Waals surface area contributed by atoms with Crippen molar-refractivity contribution in [3.63, 3.8) is 0 Å². The Morgan fingerprint density at radius 1 is 1.04 bits per heavy atom. The Balaban J connectivity index is 1.62. The van der Waals surface area contributed by atoms with Crippen LogP contribution in [0.3, 0.4) is 0 Å². The summed E-state index contributed by atoms with van der Waals surface area (Å²) < 4.78 is 36.5. The van der Waals surface area contributed by atoms with Crippen LogP contribution < -0.4 is 10.1 Å². The van der Waals surface area contributed by atoms with Crippen LogP contribution in [0.2, 0.25) is 5.02 Å². The zero-order valence-corrected chi connectivity index (χ0v) is 14.4. The van der Waals surface area contributed by atoms with Crippen LogP contribution in [-0.4, -0.2) is 31.6 Å². The Morgan fingerprint density at radius 2 is 1.77 bits per heavy atom. The van der Waals surface area contributed by atoms with Gasteiger partial charge in [0, 0.05) is 17.6 Å². The molecule has 0 spiro atoms. The average Bonchev–Trinajstić information content (AvgIpc) is 2.60. The maximum Gasteiger partial charge on any atom is 0.307 e. The van der Waals surface area contributed by atoms with Gasteiger partial charge in [-0.1, -0.05) is 11.6 Å². The van der Waals surface area contributed by atoms with Gasteiger partial charge >= 0.3 is 5.97 Å². The van der Waals surface area contributed by atoms with Gasteiger partial charge in [-0.3, -0.25) is 9.59 Å². The summed E-state index contributed by atoms with van der Waals surface area (Å²) in [4.78, 5) is 23.3. The van der Waals surface area contributed by atoms with Crippen molar-refractivity contribution < 1.29 is 27.8 Å². The van der Waals surface area contributed by atoms with Crippen molar-refractivity contribution in [1.29, 1.82) is 0 Å². The molecule has 0 saturated carbocycles. The fourth-order valence-electron chi connectivity index (χ4n) is 1.96. The van der Waals surface area contributed by atoms with E-state index in [4.69, 9.17) is 21.1 Å². The van der Waals surface area contributed by atoms with Crippen LogP contribution in [-0.2, 0) is 9.53 Å². The maximum absolute atomic E-state index is 13.4. The molecule has 2 aromatic carbocycles. The van der Waals surface area contributed by atoms with E-state index in [9.17, 15) is 18.4 Å². The van der Waals surface area contributed by atoms with E-state index in [1.54, 1.807) is 24.3 Å². The molecule has 2 aromatic rings. The first-order chi connectivity index (χ1) is 12.5. The number of ether oxygens (including phenoxy) is 2. The van der Waals surface area contributed by atoms with Crippen molar-refractivity contribution in [3.05, 3.63) is 64.7 Å². The minimum absolute atomic E-state index is 0.0352. The molecular weight excluding hydrogens is 368 g/mol. The van der Waals surface area contributed by atoms with Gasteiger partial charge in [0.1, 0.15) is 30.6 Å². The molecule has 5 nitrogen and oxygen atoms in total. The number of hydrogen-bond donors (Lipinski definition) is 1. The van der Waals surface area contributed by atoms with E-state index >= 15 is 0 Å². The summed E-state index contributed by atoms with van der Waals surface area (Å²) in [6, 6.07) is 9.36. The van der Waals surface area contributed by atoms with Crippen LogP contribution in [0, 0.1) is 11.6 Å². The third kappa shape index (κ3) is 6.33. The lowest BCUT2D eigenvalue weighted by Gasteiger charge is -2.08. The highest BCUT2D eigenvalue weighted by Crippen LogP contribution is 2.15. The summed E-state index contributed by atoms with van der Waals surface area (Å²) >= 11 is 5.75. The molecule has 0 aliphatic heterocycles. The Labute approximate surface area is 153 Å². The predicted molar refractivity (Wildman–Crippen MR) is 91.2 cm³/mol. The second-order valence-corrected chi connectivity index (χ2v) is 5.59. The zero-order chi connectivity index (χ0) is 18.9. The second-order valence-electron chi connectivity index (χ2n) is 5.15. The number of carbonyl (C=O) groups excluding carboxylic acids is 2. The SMILES string of the molecule is O=C(CCNC(=O)c1ccc(F)cc1F)OCCOc1ccc(Cl)cc1. The Hall–Kier alpha value is -2.67. The molecule has 138 valence electrons. The molecular formula is C18H16ClF2NO4. The molecule has 0 fully saturated rings. The molecule has 0 unspecified atom stereocenters. The summed E-state index contributed by atoms with van der Waals surface area (Å²) in [7, 11) is 0. The predicted octanol–water partition coefficient (Wildman–Crippen LogP) is 3.36. The summed E-state index contributed by atoms with van der Waals surface area (Å²) in [5.74, 6) is -2.42. The highest BCUT2D eigenvalue weighted by molar-refractivity contribution is 6.30. The van der Waals surface area contributed by atoms with Crippen molar-refractivity contribution in [1.82, 2.24) is 5.32 Å². The normalized spacial score (nSPS) is 10.3. The van der Waals surface area contributed by atoms with E-state index in [2.05, 4.69) is 5.32 Å². The lowest BCUT2D eigenvalue weighted by Crippen LogP contribution is -2.27. The first-order valence-corrected chi connectivity index (χ1v) is 8.11. The lowest BCUT2D eigenvalue weighted by molar-refractivity contribution is -0.144. The number of rotatable bonds is 8. The van der Waals surface area contributed by atoms with Crippen molar-refractivity contribution in [2.45, 2.75) is 6.42 Å². The molecule has 8 heteroatoms. The first kappa shape index (κ1) is 19.7. The smallest absolute Gasteiger partial charge is 0.307 e. The minimum atomic E-state index is -0.968. The topological polar surface area (TPSA) is 64.6 Å². The van der Waals surface area contributed by atoms with Gasteiger partial charge in [-0.2, -0.15) is 0 Å². The van der Waals surface area contributed by atoms with Crippen LogP contribution in [0.4, 0.5) is 8.78 Å². The Morgan fingerprint density at radius 3 is 2.46 bits per heavy atom. The van der Waals surface area contributed by atoms with Crippen molar-refractivity contribution in [2.24, 2.45) is 0 Å². The number of benzene rings is 2. The average molecular weight is 384 g/mol. The van der Waals surface area contributed by atoms with Crippen molar-refractivity contribution in [3.8, 4) is 5.75 Å². The number of amides is 1. The van der Waals surface area contributed by atoms with Gasteiger partial charge in [-0.15, -0.1) is 0 Å². The highest BCUT2D eigenvalue weighted by atomic mass is 35.5. The molecule has 0 heterocycles. The van der Waals surface area contributed by atoms with Crippen LogP contribution >= 0.6 is 11.6 Å². The number of esters is 1. The Kier molecular flexibility index (Phi) is 7.35. The summed E-state index contributed by atoms with van der Waals surface area (Å²) in [5, 5.41) is 2.95. The quantitative estimate of drug-likeness (QED) is 0.561. The fourth-order valence-corrected chi connectivity index (χ4v) is 2.09. The minimum Gasteiger partial charge on any atom is -0.490 e. The van der Waals surface area contributed by atoms with Crippen LogP contribution in [0.1, 0.15) is 16.8 Å². The molecule has 0 aliphatic carbocycles. The van der Waals surface area contributed by atoms with Crippen LogP contribution in [0.25, 0.3) is 0 Å². The van der Waals surface area contributed by atoms with Gasteiger partial charge < -0.3 is 14.8 Å².